The summed E-state index contributed by atoms with van der Waals surface area (Å²) in [6, 6.07) is 16.0. The average Bonchev–Trinajstić information content (AvgIpc) is 2.67. The van der Waals surface area contributed by atoms with Crippen molar-refractivity contribution in [2.24, 2.45) is 0 Å². The van der Waals surface area contributed by atoms with Gasteiger partial charge in [0.05, 0.1) is 6.04 Å². The van der Waals surface area contributed by atoms with Gasteiger partial charge in [-0.2, -0.15) is 0 Å². The summed E-state index contributed by atoms with van der Waals surface area (Å²) in [6.45, 7) is 10.6. The number of carbonyl (C=O) groups excluding carboxylic acids is 1. The summed E-state index contributed by atoms with van der Waals surface area (Å²) in [7, 11) is 0. The van der Waals surface area contributed by atoms with Crippen LogP contribution in [0.2, 0.25) is 0 Å². The van der Waals surface area contributed by atoms with E-state index in [-0.39, 0.29) is 6.04 Å². The quantitative estimate of drug-likeness (QED) is 0.612. The van der Waals surface area contributed by atoms with Crippen LogP contribution in [0.4, 0.5) is 4.79 Å². The molecular formula is C23H31NO2. The van der Waals surface area contributed by atoms with Crippen molar-refractivity contribution in [3.8, 4) is 5.75 Å². The van der Waals surface area contributed by atoms with E-state index in [0.717, 1.165) is 35.3 Å². The van der Waals surface area contributed by atoms with Gasteiger partial charge >= 0.3 is 6.09 Å². The van der Waals surface area contributed by atoms with E-state index < -0.39 is 6.09 Å². The molecule has 0 aliphatic heterocycles. The third kappa shape index (κ3) is 4.87. The molecule has 0 saturated carbocycles. The summed E-state index contributed by atoms with van der Waals surface area (Å²) in [5, 5.41) is 2.95. The highest BCUT2D eigenvalue weighted by Crippen LogP contribution is 2.37. The Balaban J connectivity index is 2.24. The average molecular weight is 354 g/mol. The first-order valence-electron chi connectivity index (χ1n) is 9.63. The van der Waals surface area contributed by atoms with Crippen molar-refractivity contribution in [1.82, 2.24) is 5.32 Å². The van der Waals surface area contributed by atoms with Gasteiger partial charge in [-0.1, -0.05) is 76.2 Å². The van der Waals surface area contributed by atoms with Gasteiger partial charge < -0.3 is 10.1 Å². The maximum Gasteiger partial charge on any atom is 0.413 e. The van der Waals surface area contributed by atoms with Crippen LogP contribution >= 0.6 is 0 Å². The number of hydrogen-bond donors (Lipinski definition) is 1. The number of nitrogens with one attached hydrogen (secondary N) is 1. The molecule has 2 aromatic rings. The molecule has 140 valence electrons. The minimum Gasteiger partial charge on any atom is -0.410 e. The number of hydrogen-bond acceptors (Lipinski definition) is 2. The fraction of sp³-hybridized carbons (Fsp3) is 0.435. The number of rotatable bonds is 7. The number of benzene rings is 2. The SMILES string of the molecule is CCC(C)c1cccc(C(C)CC)c1OC(=O)N[C@H](C)c1ccccc1. The molecule has 0 aliphatic carbocycles. The molecular weight excluding hydrogens is 322 g/mol. The Morgan fingerprint density at radius 1 is 0.885 bits per heavy atom. The molecule has 2 aromatic carbocycles. The second-order valence-electron chi connectivity index (χ2n) is 7.05. The Kier molecular flexibility index (Phi) is 7.26. The summed E-state index contributed by atoms with van der Waals surface area (Å²) in [4.78, 5) is 12.6. The second kappa shape index (κ2) is 9.42. The highest BCUT2D eigenvalue weighted by Gasteiger charge is 2.21. The van der Waals surface area contributed by atoms with Crippen molar-refractivity contribution in [3.63, 3.8) is 0 Å². The van der Waals surface area contributed by atoms with Crippen molar-refractivity contribution < 1.29 is 9.53 Å². The summed E-state index contributed by atoms with van der Waals surface area (Å²) < 4.78 is 5.86. The van der Waals surface area contributed by atoms with Gasteiger partial charge in [0.2, 0.25) is 0 Å². The van der Waals surface area contributed by atoms with Crippen LogP contribution in [0.5, 0.6) is 5.75 Å². The van der Waals surface area contributed by atoms with E-state index in [2.05, 4.69) is 51.2 Å². The van der Waals surface area contributed by atoms with Gasteiger partial charge in [0, 0.05) is 0 Å². The summed E-state index contributed by atoms with van der Waals surface area (Å²) in [6.07, 6.45) is 1.60. The van der Waals surface area contributed by atoms with E-state index in [1.807, 2.05) is 37.3 Å². The standard InChI is InChI=1S/C23H31NO2/c1-6-16(3)20-14-11-15-21(17(4)7-2)22(20)26-23(25)24-18(5)19-12-9-8-10-13-19/h8-18H,6-7H2,1-5H3,(H,24,25)/t16?,17?,18-/m1/s1. The first-order valence-corrected chi connectivity index (χ1v) is 9.63. The van der Waals surface area contributed by atoms with Crippen LogP contribution < -0.4 is 10.1 Å². The largest absolute Gasteiger partial charge is 0.413 e. The fourth-order valence-electron chi connectivity index (χ4n) is 3.03. The zero-order valence-electron chi connectivity index (χ0n) is 16.6. The number of ether oxygens (including phenoxy) is 1. The van der Waals surface area contributed by atoms with E-state index in [1.54, 1.807) is 0 Å². The lowest BCUT2D eigenvalue weighted by Crippen LogP contribution is -2.30. The topological polar surface area (TPSA) is 38.3 Å². The molecule has 0 bridgehead atoms. The molecule has 3 atom stereocenters. The van der Waals surface area contributed by atoms with Crippen LogP contribution in [-0.4, -0.2) is 6.09 Å². The molecule has 0 aliphatic rings. The van der Waals surface area contributed by atoms with Gasteiger partial charge in [0.25, 0.3) is 0 Å². The minimum atomic E-state index is -0.401. The van der Waals surface area contributed by atoms with Gasteiger partial charge in [-0.3, -0.25) is 0 Å². The minimum absolute atomic E-state index is 0.105. The van der Waals surface area contributed by atoms with E-state index in [1.165, 1.54) is 0 Å². The van der Waals surface area contributed by atoms with E-state index in [9.17, 15) is 4.79 Å². The third-order valence-corrected chi connectivity index (χ3v) is 5.19. The second-order valence-corrected chi connectivity index (χ2v) is 7.05. The molecule has 1 amide bonds. The van der Waals surface area contributed by atoms with Crippen LogP contribution in [0.1, 0.15) is 82.0 Å². The summed E-state index contributed by atoms with van der Waals surface area (Å²) >= 11 is 0. The monoisotopic (exact) mass is 353 g/mol. The van der Waals surface area contributed by atoms with Crippen LogP contribution in [0.15, 0.2) is 48.5 Å². The van der Waals surface area contributed by atoms with Gasteiger partial charge in [-0.25, -0.2) is 4.79 Å². The Labute approximate surface area is 157 Å². The van der Waals surface area contributed by atoms with Gasteiger partial charge in [-0.05, 0) is 48.3 Å². The van der Waals surface area contributed by atoms with Crippen molar-refractivity contribution >= 4 is 6.09 Å². The van der Waals surface area contributed by atoms with Crippen molar-refractivity contribution in [1.29, 1.82) is 0 Å². The van der Waals surface area contributed by atoms with E-state index >= 15 is 0 Å². The molecule has 0 spiro atoms. The Morgan fingerprint density at radius 2 is 1.42 bits per heavy atom. The molecule has 0 aromatic heterocycles. The van der Waals surface area contributed by atoms with E-state index in [0.29, 0.717) is 11.8 Å². The van der Waals surface area contributed by atoms with Crippen LogP contribution in [0, 0.1) is 0 Å². The molecule has 0 fully saturated rings. The first-order chi connectivity index (χ1) is 12.5. The predicted octanol–water partition coefficient (Wildman–Crippen LogP) is 6.56. The summed E-state index contributed by atoms with van der Waals surface area (Å²) in [5.41, 5.74) is 3.27. The first kappa shape index (κ1) is 20.0. The van der Waals surface area contributed by atoms with Gasteiger partial charge in [0.15, 0.2) is 0 Å². The van der Waals surface area contributed by atoms with Crippen molar-refractivity contribution in [2.45, 2.75) is 65.3 Å². The molecule has 26 heavy (non-hydrogen) atoms. The number of para-hydroxylation sites is 1. The van der Waals surface area contributed by atoms with Gasteiger partial charge in [0.1, 0.15) is 5.75 Å². The van der Waals surface area contributed by atoms with Crippen molar-refractivity contribution in [3.05, 3.63) is 65.2 Å². The van der Waals surface area contributed by atoms with Gasteiger partial charge in [-0.15, -0.1) is 0 Å². The molecule has 2 unspecified atom stereocenters. The normalized spacial score (nSPS) is 14.3. The van der Waals surface area contributed by atoms with E-state index in [4.69, 9.17) is 4.74 Å². The zero-order valence-corrected chi connectivity index (χ0v) is 16.6. The smallest absolute Gasteiger partial charge is 0.410 e. The highest BCUT2D eigenvalue weighted by molar-refractivity contribution is 5.72. The number of amides is 1. The Morgan fingerprint density at radius 3 is 1.92 bits per heavy atom. The molecule has 0 radical (unpaired) electrons. The highest BCUT2D eigenvalue weighted by atomic mass is 16.6. The van der Waals surface area contributed by atoms with Crippen LogP contribution in [0.3, 0.4) is 0 Å². The third-order valence-electron chi connectivity index (χ3n) is 5.19. The Bertz CT molecular complexity index is 683. The molecule has 2 rings (SSSR count). The summed E-state index contributed by atoms with van der Waals surface area (Å²) in [5.74, 6) is 1.41. The van der Waals surface area contributed by atoms with Crippen LogP contribution in [-0.2, 0) is 0 Å². The Hall–Kier alpha value is -2.29. The molecule has 1 N–H and O–H groups in total. The lowest BCUT2D eigenvalue weighted by atomic mass is 9.90. The van der Waals surface area contributed by atoms with Crippen molar-refractivity contribution in [2.75, 3.05) is 0 Å². The predicted molar refractivity (Wildman–Crippen MR) is 108 cm³/mol. The molecule has 0 heterocycles. The van der Waals surface area contributed by atoms with Crippen LogP contribution in [0.25, 0.3) is 0 Å². The zero-order chi connectivity index (χ0) is 19.1. The number of carbonyl (C=O) groups is 1. The lowest BCUT2D eigenvalue weighted by molar-refractivity contribution is 0.195. The lowest BCUT2D eigenvalue weighted by Gasteiger charge is -2.22. The molecule has 3 nitrogen and oxygen atoms in total. The maximum atomic E-state index is 12.6. The maximum absolute atomic E-state index is 12.6. The fourth-order valence-corrected chi connectivity index (χ4v) is 3.03. The molecule has 0 saturated heterocycles. The molecule has 3 heteroatoms.